The second-order valence-electron chi connectivity index (χ2n) is 9.43. The van der Waals surface area contributed by atoms with Gasteiger partial charge in [-0.25, -0.2) is 9.78 Å². The molecule has 9 heteroatoms. The molecule has 2 aliphatic rings. The van der Waals surface area contributed by atoms with Crippen LogP contribution in [-0.4, -0.2) is 56.8 Å². The third-order valence-electron chi connectivity index (χ3n) is 6.42. The maximum atomic E-state index is 13.6. The minimum Gasteiger partial charge on any atom is -0.378 e. The van der Waals surface area contributed by atoms with Crippen LogP contribution in [-0.2, 0) is 40.4 Å². The van der Waals surface area contributed by atoms with E-state index < -0.39 is 16.9 Å². The summed E-state index contributed by atoms with van der Waals surface area (Å²) in [5.41, 5.74) is 1.34. The first kappa shape index (κ1) is 22.5. The highest BCUT2D eigenvalue weighted by Crippen LogP contribution is 2.28. The number of fused-ring (bicyclic) bond motifs is 2. The number of amides is 1. The molecule has 0 bridgehead atoms. The first-order valence-electron chi connectivity index (χ1n) is 11.5. The molecule has 1 amide bonds. The number of aromatic nitrogens is 3. The number of hydrogen-bond acceptors (Lipinski definition) is 6. The van der Waals surface area contributed by atoms with Crippen molar-refractivity contribution in [2.75, 3.05) is 26.3 Å². The van der Waals surface area contributed by atoms with Crippen LogP contribution in [0.4, 0.5) is 0 Å². The molecule has 1 fully saturated rings. The highest BCUT2D eigenvalue weighted by molar-refractivity contribution is 5.80. The Labute approximate surface area is 196 Å². The lowest BCUT2D eigenvalue weighted by Crippen LogP contribution is -2.46. The van der Waals surface area contributed by atoms with Crippen molar-refractivity contribution in [1.29, 1.82) is 0 Å². The van der Waals surface area contributed by atoms with Crippen molar-refractivity contribution < 1.29 is 14.3 Å². The summed E-state index contributed by atoms with van der Waals surface area (Å²) in [5.74, 6) is -0.195. The molecule has 0 N–H and O–H groups in total. The molecule has 2 aromatic heterocycles. The molecule has 4 heterocycles. The van der Waals surface area contributed by atoms with Gasteiger partial charge in [-0.05, 0) is 25.5 Å². The molecule has 9 nitrogen and oxygen atoms in total. The summed E-state index contributed by atoms with van der Waals surface area (Å²) in [6.45, 7) is 6.12. The van der Waals surface area contributed by atoms with E-state index in [4.69, 9.17) is 14.5 Å². The fourth-order valence-corrected chi connectivity index (χ4v) is 4.52. The van der Waals surface area contributed by atoms with Crippen LogP contribution in [0.15, 0.2) is 46.0 Å². The summed E-state index contributed by atoms with van der Waals surface area (Å²) in [6.07, 6.45) is 0.553. The Kier molecular flexibility index (Phi) is 5.83. The molecular formula is C25H28N4O5. The number of nitrogens with zero attached hydrogens (tertiary/aromatic N) is 4. The predicted molar refractivity (Wildman–Crippen MR) is 126 cm³/mol. The number of rotatable bonds is 4. The zero-order valence-electron chi connectivity index (χ0n) is 19.5. The smallest absolute Gasteiger partial charge is 0.333 e. The first-order chi connectivity index (χ1) is 16.3. The summed E-state index contributed by atoms with van der Waals surface area (Å²) < 4.78 is 13.8. The maximum absolute atomic E-state index is 13.6. The summed E-state index contributed by atoms with van der Waals surface area (Å²) in [6, 6.07) is 11.1. The Morgan fingerprint density at radius 3 is 2.56 bits per heavy atom. The molecule has 0 saturated carbocycles. The largest absolute Gasteiger partial charge is 0.378 e. The fraction of sp³-hybridized carbons (Fsp3) is 0.440. The fourth-order valence-electron chi connectivity index (χ4n) is 4.52. The van der Waals surface area contributed by atoms with Crippen molar-refractivity contribution in [3.8, 4) is 0 Å². The molecule has 5 rings (SSSR count). The molecule has 0 aliphatic carbocycles. The van der Waals surface area contributed by atoms with Crippen LogP contribution in [0.2, 0.25) is 0 Å². The highest BCUT2D eigenvalue weighted by atomic mass is 16.5. The summed E-state index contributed by atoms with van der Waals surface area (Å²) in [5, 5.41) is 0.312. The highest BCUT2D eigenvalue weighted by Gasteiger charge is 2.29. The molecule has 1 aromatic carbocycles. The van der Waals surface area contributed by atoms with E-state index in [1.165, 1.54) is 9.13 Å². The van der Waals surface area contributed by atoms with E-state index in [1.807, 2.05) is 44.2 Å². The monoisotopic (exact) mass is 464 g/mol. The molecule has 0 unspecified atom stereocenters. The summed E-state index contributed by atoms with van der Waals surface area (Å²) in [7, 11) is 0. The van der Waals surface area contributed by atoms with E-state index in [0.29, 0.717) is 44.7 Å². The van der Waals surface area contributed by atoms with E-state index in [1.54, 1.807) is 11.0 Å². The Hall–Kier alpha value is -3.30. The third-order valence-corrected chi connectivity index (χ3v) is 6.42. The van der Waals surface area contributed by atoms with Gasteiger partial charge < -0.3 is 14.4 Å². The number of ether oxygens (including phenoxy) is 2. The number of benzene rings is 1. The van der Waals surface area contributed by atoms with Gasteiger partial charge in [0.15, 0.2) is 0 Å². The van der Waals surface area contributed by atoms with Gasteiger partial charge >= 0.3 is 5.69 Å². The standard InChI is InChI=1S/C25H28N4O5/c1-25(2)13-20-18(16-34-25)12-19-22(26-20)28(15-21(30)27-8-10-33-11-9-27)24(32)29(23(19)31)14-17-6-4-3-5-7-17/h3-7,12H,8-11,13-16H2,1-2H3. The Bertz CT molecular complexity index is 1350. The maximum Gasteiger partial charge on any atom is 0.333 e. The van der Waals surface area contributed by atoms with Crippen LogP contribution in [0.1, 0.15) is 30.7 Å². The number of carbonyl (C=O) groups is 1. The molecule has 0 spiro atoms. The second kappa shape index (κ2) is 8.81. The van der Waals surface area contributed by atoms with E-state index in [-0.39, 0.29) is 24.6 Å². The van der Waals surface area contributed by atoms with Gasteiger partial charge in [-0.15, -0.1) is 0 Å². The molecule has 178 valence electrons. The first-order valence-corrected chi connectivity index (χ1v) is 11.5. The van der Waals surface area contributed by atoms with Gasteiger partial charge in [-0.3, -0.25) is 18.7 Å². The van der Waals surface area contributed by atoms with Gasteiger partial charge in [-0.1, -0.05) is 30.3 Å². The van der Waals surface area contributed by atoms with Gasteiger partial charge in [0, 0.05) is 25.1 Å². The molecule has 34 heavy (non-hydrogen) atoms. The van der Waals surface area contributed by atoms with Crippen LogP contribution in [0.25, 0.3) is 11.0 Å². The van der Waals surface area contributed by atoms with Crippen LogP contribution in [0, 0.1) is 0 Å². The topological polar surface area (TPSA) is 95.7 Å². The van der Waals surface area contributed by atoms with Gasteiger partial charge in [-0.2, -0.15) is 0 Å². The molecule has 3 aromatic rings. The van der Waals surface area contributed by atoms with Crippen LogP contribution >= 0.6 is 0 Å². The zero-order chi connectivity index (χ0) is 23.9. The van der Waals surface area contributed by atoms with Crippen molar-refractivity contribution in [2.24, 2.45) is 0 Å². The molecule has 0 radical (unpaired) electrons. The quantitative estimate of drug-likeness (QED) is 0.578. The van der Waals surface area contributed by atoms with E-state index in [9.17, 15) is 14.4 Å². The van der Waals surface area contributed by atoms with Crippen molar-refractivity contribution in [2.45, 2.75) is 45.6 Å². The molecule has 0 atom stereocenters. The van der Waals surface area contributed by atoms with Gasteiger partial charge in [0.1, 0.15) is 12.2 Å². The average Bonchev–Trinajstić information content (AvgIpc) is 2.84. The van der Waals surface area contributed by atoms with Gasteiger partial charge in [0.25, 0.3) is 5.56 Å². The average molecular weight is 465 g/mol. The summed E-state index contributed by atoms with van der Waals surface area (Å²) >= 11 is 0. The van der Waals surface area contributed by atoms with E-state index >= 15 is 0 Å². The van der Waals surface area contributed by atoms with Crippen molar-refractivity contribution in [3.63, 3.8) is 0 Å². The van der Waals surface area contributed by atoms with Crippen molar-refractivity contribution in [1.82, 2.24) is 19.0 Å². The Morgan fingerprint density at radius 2 is 1.82 bits per heavy atom. The number of hydrogen-bond donors (Lipinski definition) is 0. The Balaban J connectivity index is 1.66. The third kappa shape index (κ3) is 4.28. The number of morpholine rings is 1. The summed E-state index contributed by atoms with van der Waals surface area (Å²) in [4.78, 5) is 46.6. The normalized spacial score (nSPS) is 17.5. The SMILES string of the molecule is CC1(C)Cc2nc3c(cc2CO1)c(=O)n(Cc1ccccc1)c(=O)n3CC(=O)N1CCOCC1. The predicted octanol–water partition coefficient (Wildman–Crippen LogP) is 1.32. The second-order valence-corrected chi connectivity index (χ2v) is 9.43. The lowest BCUT2D eigenvalue weighted by molar-refractivity contribution is -0.135. The van der Waals surface area contributed by atoms with Crippen LogP contribution in [0.3, 0.4) is 0 Å². The molecule has 1 saturated heterocycles. The molecule has 2 aliphatic heterocycles. The zero-order valence-corrected chi connectivity index (χ0v) is 19.5. The van der Waals surface area contributed by atoms with Crippen LogP contribution < -0.4 is 11.2 Å². The van der Waals surface area contributed by atoms with E-state index in [2.05, 4.69) is 0 Å². The molecular weight excluding hydrogens is 436 g/mol. The Morgan fingerprint density at radius 1 is 1.09 bits per heavy atom. The minimum atomic E-state index is -0.540. The van der Waals surface area contributed by atoms with Gasteiger partial charge in [0.2, 0.25) is 5.91 Å². The lowest BCUT2D eigenvalue weighted by atomic mass is 9.95. The van der Waals surface area contributed by atoms with Crippen LogP contribution in [0.5, 0.6) is 0 Å². The lowest BCUT2D eigenvalue weighted by Gasteiger charge is -2.31. The number of pyridine rings is 1. The van der Waals surface area contributed by atoms with Crippen molar-refractivity contribution in [3.05, 3.63) is 74.1 Å². The van der Waals surface area contributed by atoms with Crippen molar-refractivity contribution >= 4 is 16.9 Å². The van der Waals surface area contributed by atoms with Gasteiger partial charge in [0.05, 0.1) is 43.0 Å². The van der Waals surface area contributed by atoms with E-state index in [0.717, 1.165) is 16.8 Å². The number of carbonyl (C=O) groups excluding carboxylic acids is 1. The minimum absolute atomic E-state index is 0.112.